The van der Waals surface area contributed by atoms with Crippen molar-refractivity contribution in [3.05, 3.63) is 23.5 Å². The minimum atomic E-state index is -0.0325. The Bertz CT molecular complexity index is 326. The lowest BCUT2D eigenvalue weighted by Crippen LogP contribution is -2.14. The van der Waals surface area contributed by atoms with Crippen molar-refractivity contribution in [3.8, 4) is 0 Å². The van der Waals surface area contributed by atoms with Gasteiger partial charge in [0.15, 0.2) is 5.15 Å². The smallest absolute Gasteiger partial charge is 0.224 e. The van der Waals surface area contributed by atoms with Crippen molar-refractivity contribution in [1.82, 2.24) is 4.98 Å². The van der Waals surface area contributed by atoms with Gasteiger partial charge in [0.1, 0.15) is 0 Å². The zero-order chi connectivity index (χ0) is 10.6. The fourth-order valence-corrected chi connectivity index (χ4v) is 1.22. The van der Waals surface area contributed by atoms with Gasteiger partial charge in [-0.1, -0.05) is 25.4 Å². The Labute approximate surface area is 88.5 Å². The molecule has 0 aliphatic carbocycles. The van der Waals surface area contributed by atoms with E-state index in [9.17, 15) is 4.79 Å². The summed E-state index contributed by atoms with van der Waals surface area (Å²) in [4.78, 5) is 15.2. The molecule has 1 heterocycles. The molecule has 4 heteroatoms. The van der Waals surface area contributed by atoms with Crippen LogP contribution in [0.2, 0.25) is 5.15 Å². The highest BCUT2D eigenvalue weighted by molar-refractivity contribution is 6.32. The van der Waals surface area contributed by atoms with Crippen molar-refractivity contribution in [1.29, 1.82) is 0 Å². The maximum atomic E-state index is 11.4. The zero-order valence-electron chi connectivity index (χ0n) is 8.25. The number of nitrogens with one attached hydrogen (secondary N) is 1. The van der Waals surface area contributed by atoms with Gasteiger partial charge in [-0.2, -0.15) is 0 Å². The van der Waals surface area contributed by atoms with Crippen molar-refractivity contribution >= 4 is 23.2 Å². The average Bonchev–Trinajstić information content (AvgIpc) is 2.07. The number of anilines is 1. The van der Waals surface area contributed by atoms with Gasteiger partial charge in [0.2, 0.25) is 5.91 Å². The molecule has 1 aromatic heterocycles. The summed E-state index contributed by atoms with van der Waals surface area (Å²) in [6.45, 7) is 3.98. The molecule has 1 amide bonds. The standard InChI is InChI=1S/C10H13ClN2O/c1-7(2)6-9(14)13-8-4-3-5-12-10(8)11/h3-5,7H,6H2,1-2H3,(H,13,14). The lowest BCUT2D eigenvalue weighted by atomic mass is 10.1. The van der Waals surface area contributed by atoms with E-state index in [0.29, 0.717) is 23.2 Å². The largest absolute Gasteiger partial charge is 0.323 e. The van der Waals surface area contributed by atoms with Crippen LogP contribution in [0.4, 0.5) is 5.69 Å². The molecule has 0 atom stereocenters. The average molecular weight is 213 g/mol. The van der Waals surface area contributed by atoms with Crippen LogP contribution < -0.4 is 5.32 Å². The van der Waals surface area contributed by atoms with Crippen LogP contribution >= 0.6 is 11.6 Å². The lowest BCUT2D eigenvalue weighted by Gasteiger charge is -2.07. The molecule has 0 radical (unpaired) electrons. The Kier molecular flexibility index (Phi) is 3.89. The summed E-state index contributed by atoms with van der Waals surface area (Å²) >= 11 is 5.78. The molecule has 0 aliphatic heterocycles. The minimum absolute atomic E-state index is 0.0325. The molecule has 0 bridgehead atoms. The maximum absolute atomic E-state index is 11.4. The number of aromatic nitrogens is 1. The first-order valence-electron chi connectivity index (χ1n) is 4.50. The number of pyridine rings is 1. The Hall–Kier alpha value is -1.09. The summed E-state index contributed by atoms with van der Waals surface area (Å²) in [5, 5.41) is 3.03. The fraction of sp³-hybridized carbons (Fsp3) is 0.400. The number of nitrogens with zero attached hydrogens (tertiary/aromatic N) is 1. The van der Waals surface area contributed by atoms with E-state index in [0.717, 1.165) is 0 Å². The molecule has 0 spiro atoms. The van der Waals surface area contributed by atoms with E-state index in [2.05, 4.69) is 10.3 Å². The lowest BCUT2D eigenvalue weighted by molar-refractivity contribution is -0.116. The Morgan fingerprint density at radius 1 is 1.64 bits per heavy atom. The summed E-state index contributed by atoms with van der Waals surface area (Å²) < 4.78 is 0. The Balaban J connectivity index is 2.61. The third kappa shape index (κ3) is 3.34. The summed E-state index contributed by atoms with van der Waals surface area (Å²) in [5.74, 6) is 0.306. The van der Waals surface area contributed by atoms with Crippen LogP contribution in [0.1, 0.15) is 20.3 Å². The van der Waals surface area contributed by atoms with Gasteiger partial charge < -0.3 is 5.32 Å². The van der Waals surface area contributed by atoms with Crippen LogP contribution in [0.25, 0.3) is 0 Å². The van der Waals surface area contributed by atoms with Crippen LogP contribution in [0.15, 0.2) is 18.3 Å². The summed E-state index contributed by atoms with van der Waals surface area (Å²) in [6, 6.07) is 3.46. The molecule has 0 fully saturated rings. The van der Waals surface area contributed by atoms with Crippen molar-refractivity contribution in [2.45, 2.75) is 20.3 Å². The Morgan fingerprint density at radius 2 is 2.36 bits per heavy atom. The van der Waals surface area contributed by atoms with Crippen molar-refractivity contribution < 1.29 is 4.79 Å². The maximum Gasteiger partial charge on any atom is 0.224 e. The molecule has 14 heavy (non-hydrogen) atoms. The van der Waals surface area contributed by atoms with Gasteiger partial charge in [-0.15, -0.1) is 0 Å². The van der Waals surface area contributed by atoms with E-state index in [1.165, 1.54) is 0 Å². The number of hydrogen-bond acceptors (Lipinski definition) is 2. The molecule has 1 N–H and O–H groups in total. The van der Waals surface area contributed by atoms with Gasteiger partial charge in [0, 0.05) is 12.6 Å². The minimum Gasteiger partial charge on any atom is -0.323 e. The van der Waals surface area contributed by atoms with Gasteiger partial charge in [-0.25, -0.2) is 4.98 Å². The quantitative estimate of drug-likeness (QED) is 0.783. The summed E-state index contributed by atoms with van der Waals surface area (Å²) in [7, 11) is 0. The second-order valence-corrected chi connectivity index (χ2v) is 3.85. The molecule has 0 saturated heterocycles. The van der Waals surface area contributed by atoms with Crippen molar-refractivity contribution in [2.24, 2.45) is 5.92 Å². The van der Waals surface area contributed by atoms with E-state index in [1.54, 1.807) is 18.3 Å². The highest BCUT2D eigenvalue weighted by atomic mass is 35.5. The van der Waals surface area contributed by atoms with Gasteiger partial charge in [0.05, 0.1) is 5.69 Å². The van der Waals surface area contributed by atoms with Crippen molar-refractivity contribution in [2.75, 3.05) is 5.32 Å². The van der Waals surface area contributed by atoms with Gasteiger partial charge in [0.25, 0.3) is 0 Å². The normalized spacial score (nSPS) is 10.3. The van der Waals surface area contributed by atoms with E-state index in [1.807, 2.05) is 13.8 Å². The van der Waals surface area contributed by atoms with E-state index >= 15 is 0 Å². The molecule has 1 aromatic rings. The van der Waals surface area contributed by atoms with E-state index in [4.69, 9.17) is 11.6 Å². The van der Waals surface area contributed by atoms with E-state index < -0.39 is 0 Å². The predicted molar refractivity (Wildman–Crippen MR) is 57.3 cm³/mol. The molecular weight excluding hydrogens is 200 g/mol. The Morgan fingerprint density at radius 3 is 2.93 bits per heavy atom. The SMILES string of the molecule is CC(C)CC(=O)Nc1cccnc1Cl. The third-order valence-corrected chi connectivity index (χ3v) is 1.93. The molecular formula is C10H13ClN2O. The highest BCUT2D eigenvalue weighted by Gasteiger charge is 2.07. The predicted octanol–water partition coefficient (Wildman–Crippen LogP) is 2.72. The number of carbonyl (C=O) groups is 1. The number of amides is 1. The van der Waals surface area contributed by atoms with Crippen LogP contribution in [-0.4, -0.2) is 10.9 Å². The van der Waals surface area contributed by atoms with Crippen LogP contribution in [-0.2, 0) is 4.79 Å². The fourth-order valence-electron chi connectivity index (χ4n) is 1.05. The molecule has 76 valence electrons. The molecule has 1 rings (SSSR count). The first-order valence-corrected chi connectivity index (χ1v) is 4.87. The van der Waals surface area contributed by atoms with Gasteiger partial charge in [-0.05, 0) is 18.1 Å². The molecule has 0 aliphatic rings. The highest BCUT2D eigenvalue weighted by Crippen LogP contribution is 2.17. The second-order valence-electron chi connectivity index (χ2n) is 3.49. The first kappa shape index (κ1) is 11.0. The summed E-state index contributed by atoms with van der Waals surface area (Å²) in [5.41, 5.74) is 0.569. The molecule has 3 nitrogen and oxygen atoms in total. The molecule has 0 saturated carbocycles. The molecule has 0 unspecified atom stereocenters. The topological polar surface area (TPSA) is 42.0 Å². The van der Waals surface area contributed by atoms with E-state index in [-0.39, 0.29) is 5.91 Å². The number of hydrogen-bond donors (Lipinski definition) is 1. The van der Waals surface area contributed by atoms with Gasteiger partial charge in [-0.3, -0.25) is 4.79 Å². The number of halogens is 1. The van der Waals surface area contributed by atoms with Crippen molar-refractivity contribution in [3.63, 3.8) is 0 Å². The monoisotopic (exact) mass is 212 g/mol. The second kappa shape index (κ2) is 4.96. The van der Waals surface area contributed by atoms with Crippen LogP contribution in [0, 0.1) is 5.92 Å². The third-order valence-electron chi connectivity index (χ3n) is 1.63. The number of rotatable bonds is 3. The first-order chi connectivity index (χ1) is 6.59. The summed E-state index contributed by atoms with van der Waals surface area (Å²) in [6.07, 6.45) is 2.08. The number of carbonyl (C=O) groups excluding carboxylic acids is 1. The van der Waals surface area contributed by atoms with Crippen LogP contribution in [0.5, 0.6) is 0 Å². The van der Waals surface area contributed by atoms with Gasteiger partial charge >= 0.3 is 0 Å². The van der Waals surface area contributed by atoms with Crippen LogP contribution in [0.3, 0.4) is 0 Å². The zero-order valence-corrected chi connectivity index (χ0v) is 9.01. The molecule has 0 aromatic carbocycles.